The highest BCUT2D eigenvalue weighted by Crippen LogP contribution is 2.22. The molecular weight excluding hydrogens is 460 g/mol. The predicted molar refractivity (Wildman–Crippen MR) is 136 cm³/mol. The van der Waals surface area contributed by atoms with Gasteiger partial charge in [0, 0.05) is 12.1 Å². The minimum atomic E-state index is -1.08. The molecular formula is C28H24N2O4S. The zero-order chi connectivity index (χ0) is 24.4. The van der Waals surface area contributed by atoms with Crippen molar-refractivity contribution in [1.29, 1.82) is 0 Å². The molecule has 1 amide bonds. The number of carbonyl (C=O) groups excluding carboxylic acids is 1. The molecule has 0 bridgehead atoms. The molecule has 1 aliphatic rings. The summed E-state index contributed by atoms with van der Waals surface area (Å²) < 4.78 is 14.1. The van der Waals surface area contributed by atoms with Crippen molar-refractivity contribution in [3.8, 4) is 0 Å². The third-order valence-electron chi connectivity index (χ3n) is 5.99. The molecule has 0 saturated carbocycles. The number of carboxylic acid groups (broad SMARTS) is 1. The monoisotopic (exact) mass is 484 g/mol. The SMILES string of the molecule is O=C(O)c1ccc(Cc2ccc3ccc(C(=O)NCc4ccc([S+]([O-])N5CC5)cc4)cc3c2)cc1. The van der Waals surface area contributed by atoms with E-state index in [0.29, 0.717) is 18.5 Å². The van der Waals surface area contributed by atoms with Crippen molar-refractivity contribution < 1.29 is 19.2 Å². The lowest BCUT2D eigenvalue weighted by Gasteiger charge is -2.10. The van der Waals surface area contributed by atoms with E-state index in [0.717, 1.165) is 45.4 Å². The van der Waals surface area contributed by atoms with Gasteiger partial charge in [-0.2, -0.15) is 0 Å². The van der Waals surface area contributed by atoms with Gasteiger partial charge in [-0.05, 0) is 70.3 Å². The van der Waals surface area contributed by atoms with Crippen LogP contribution in [-0.2, 0) is 24.3 Å². The average Bonchev–Trinajstić information content (AvgIpc) is 3.73. The Labute approximate surface area is 206 Å². The summed E-state index contributed by atoms with van der Waals surface area (Å²) in [5.74, 6) is -1.09. The maximum Gasteiger partial charge on any atom is 0.335 e. The van der Waals surface area contributed by atoms with Gasteiger partial charge in [0.15, 0.2) is 4.90 Å². The van der Waals surface area contributed by atoms with E-state index in [4.69, 9.17) is 5.11 Å². The van der Waals surface area contributed by atoms with Gasteiger partial charge in [0.05, 0.1) is 30.0 Å². The zero-order valence-corrected chi connectivity index (χ0v) is 19.8. The summed E-state index contributed by atoms with van der Waals surface area (Å²) in [6.45, 7) is 2.13. The lowest BCUT2D eigenvalue weighted by molar-refractivity contribution is 0.0696. The molecule has 0 radical (unpaired) electrons. The fourth-order valence-electron chi connectivity index (χ4n) is 3.91. The van der Waals surface area contributed by atoms with Crippen LogP contribution in [-0.4, -0.2) is 38.9 Å². The smallest absolute Gasteiger partial charge is 0.335 e. The number of carbonyl (C=O) groups is 2. The maximum atomic E-state index is 12.8. The van der Waals surface area contributed by atoms with E-state index in [9.17, 15) is 14.1 Å². The lowest BCUT2D eigenvalue weighted by atomic mass is 9.99. The van der Waals surface area contributed by atoms with Gasteiger partial charge in [0.1, 0.15) is 0 Å². The Bertz CT molecular complexity index is 1380. The summed E-state index contributed by atoms with van der Waals surface area (Å²) in [5.41, 5.74) is 3.90. The van der Waals surface area contributed by atoms with Crippen LogP contribution in [0.5, 0.6) is 0 Å². The molecule has 1 saturated heterocycles. The standard InChI is InChI=1S/C28H24N2O4S/c31-27(29-18-20-4-11-26(12-5-20)35(34)30-13-14-30)24-10-9-22-6-3-21(16-25(22)17-24)15-19-1-7-23(8-2-19)28(32)33/h1-12,16-17H,13-15,18H2,(H,29,31)(H,32,33). The molecule has 0 spiro atoms. The van der Waals surface area contributed by atoms with E-state index < -0.39 is 17.3 Å². The molecule has 35 heavy (non-hydrogen) atoms. The molecule has 0 aromatic heterocycles. The lowest BCUT2D eigenvalue weighted by Crippen LogP contribution is -2.22. The first-order valence-electron chi connectivity index (χ1n) is 11.4. The number of fused-ring (bicyclic) bond motifs is 1. The number of carboxylic acids is 1. The molecule has 1 atom stereocenters. The number of amides is 1. The van der Waals surface area contributed by atoms with Crippen LogP contribution in [0.15, 0.2) is 89.8 Å². The van der Waals surface area contributed by atoms with Crippen molar-refractivity contribution in [3.05, 3.63) is 113 Å². The summed E-state index contributed by atoms with van der Waals surface area (Å²) in [6, 6.07) is 26.1. The Balaban J connectivity index is 1.24. The normalized spacial score (nSPS) is 14.0. The van der Waals surface area contributed by atoms with Gasteiger partial charge in [-0.15, -0.1) is 4.31 Å². The van der Waals surface area contributed by atoms with Gasteiger partial charge in [-0.25, -0.2) is 4.79 Å². The molecule has 4 aromatic rings. The molecule has 176 valence electrons. The first-order chi connectivity index (χ1) is 17.0. The second-order valence-electron chi connectivity index (χ2n) is 8.58. The molecule has 1 aliphatic heterocycles. The third kappa shape index (κ3) is 5.54. The van der Waals surface area contributed by atoms with Crippen molar-refractivity contribution in [2.45, 2.75) is 17.9 Å². The molecule has 4 aromatic carbocycles. The van der Waals surface area contributed by atoms with Crippen LogP contribution in [0, 0.1) is 0 Å². The van der Waals surface area contributed by atoms with Crippen LogP contribution in [0.25, 0.3) is 10.8 Å². The third-order valence-corrected chi connectivity index (χ3v) is 7.50. The van der Waals surface area contributed by atoms with E-state index in [2.05, 4.69) is 11.4 Å². The van der Waals surface area contributed by atoms with E-state index in [1.807, 2.05) is 71.0 Å². The van der Waals surface area contributed by atoms with Crippen LogP contribution >= 0.6 is 0 Å². The van der Waals surface area contributed by atoms with Crippen LogP contribution in [0.4, 0.5) is 0 Å². The largest absolute Gasteiger partial charge is 0.593 e. The second kappa shape index (κ2) is 9.92. The second-order valence-corrected chi connectivity index (χ2v) is 10.1. The first kappa shape index (κ1) is 23.1. The summed E-state index contributed by atoms with van der Waals surface area (Å²) >= 11 is -1.08. The number of aromatic carboxylic acids is 1. The van der Waals surface area contributed by atoms with Crippen LogP contribution in [0.3, 0.4) is 0 Å². The van der Waals surface area contributed by atoms with Crippen LogP contribution < -0.4 is 5.32 Å². The number of rotatable bonds is 8. The Kier molecular flexibility index (Phi) is 6.55. The summed E-state index contributed by atoms with van der Waals surface area (Å²) in [5, 5.41) is 14.0. The van der Waals surface area contributed by atoms with Gasteiger partial charge in [0.2, 0.25) is 0 Å². The van der Waals surface area contributed by atoms with Crippen molar-refractivity contribution in [2.75, 3.05) is 13.1 Å². The molecule has 0 aliphatic carbocycles. The van der Waals surface area contributed by atoms with Crippen molar-refractivity contribution >= 4 is 34.0 Å². The number of nitrogens with zero attached hydrogens (tertiary/aromatic N) is 1. The first-order valence-corrected chi connectivity index (χ1v) is 12.5. The quantitative estimate of drug-likeness (QED) is 0.286. The Hall–Kier alpha value is -3.65. The molecule has 2 N–H and O–H groups in total. The minimum absolute atomic E-state index is 0.154. The zero-order valence-electron chi connectivity index (χ0n) is 18.9. The van der Waals surface area contributed by atoms with Gasteiger partial charge in [0.25, 0.3) is 5.91 Å². The van der Waals surface area contributed by atoms with Gasteiger partial charge < -0.3 is 15.0 Å². The summed E-state index contributed by atoms with van der Waals surface area (Å²) in [7, 11) is 0. The van der Waals surface area contributed by atoms with Gasteiger partial charge >= 0.3 is 5.97 Å². The van der Waals surface area contributed by atoms with E-state index in [1.165, 1.54) is 0 Å². The van der Waals surface area contributed by atoms with Gasteiger partial charge in [-0.1, -0.05) is 48.5 Å². The average molecular weight is 485 g/mol. The molecule has 5 rings (SSSR count). The van der Waals surface area contributed by atoms with Gasteiger partial charge in [-0.3, -0.25) is 4.79 Å². The van der Waals surface area contributed by atoms with Crippen molar-refractivity contribution in [3.63, 3.8) is 0 Å². The molecule has 6 nitrogen and oxygen atoms in total. The Morgan fingerprint density at radius 3 is 2.11 bits per heavy atom. The molecule has 7 heteroatoms. The molecule has 1 heterocycles. The summed E-state index contributed by atoms with van der Waals surface area (Å²) in [6.07, 6.45) is 0.671. The van der Waals surface area contributed by atoms with E-state index in [1.54, 1.807) is 12.1 Å². The Morgan fingerprint density at radius 1 is 0.800 bits per heavy atom. The number of hydrogen-bond acceptors (Lipinski definition) is 4. The van der Waals surface area contributed by atoms with E-state index >= 15 is 0 Å². The highest BCUT2D eigenvalue weighted by molar-refractivity contribution is 7.89. The summed E-state index contributed by atoms with van der Waals surface area (Å²) in [4.78, 5) is 24.6. The highest BCUT2D eigenvalue weighted by Gasteiger charge is 2.32. The van der Waals surface area contributed by atoms with Crippen LogP contribution in [0.2, 0.25) is 0 Å². The highest BCUT2D eigenvalue weighted by atomic mass is 32.2. The maximum absolute atomic E-state index is 12.8. The fourth-order valence-corrected chi connectivity index (χ4v) is 4.99. The number of benzene rings is 4. The van der Waals surface area contributed by atoms with Crippen molar-refractivity contribution in [2.24, 2.45) is 0 Å². The molecule has 1 fully saturated rings. The predicted octanol–water partition coefficient (Wildman–Crippen LogP) is 4.40. The number of hydrogen-bond donors (Lipinski definition) is 2. The number of nitrogens with one attached hydrogen (secondary N) is 1. The fraction of sp³-hybridized carbons (Fsp3) is 0.143. The molecule has 1 unspecified atom stereocenters. The topological polar surface area (TPSA) is 92.5 Å². The minimum Gasteiger partial charge on any atom is -0.593 e. The van der Waals surface area contributed by atoms with Crippen molar-refractivity contribution in [1.82, 2.24) is 9.62 Å². The van der Waals surface area contributed by atoms with E-state index in [-0.39, 0.29) is 11.5 Å². The Morgan fingerprint density at radius 2 is 1.43 bits per heavy atom. The van der Waals surface area contributed by atoms with Crippen LogP contribution in [0.1, 0.15) is 37.4 Å².